The summed E-state index contributed by atoms with van der Waals surface area (Å²) in [6.45, 7) is 0.214. The van der Waals surface area contributed by atoms with Gasteiger partial charge in [-0.2, -0.15) is 0 Å². The molecular formula is C11H12N4O2S. The summed E-state index contributed by atoms with van der Waals surface area (Å²) in [5.74, 6) is 0.478. The third-order valence-electron chi connectivity index (χ3n) is 2.26. The van der Waals surface area contributed by atoms with Crippen molar-refractivity contribution in [2.45, 2.75) is 17.5 Å². The summed E-state index contributed by atoms with van der Waals surface area (Å²) in [6, 6.07) is 7.15. The first-order valence-electron chi connectivity index (χ1n) is 5.23. The van der Waals surface area contributed by atoms with E-state index < -0.39 is 5.91 Å². The van der Waals surface area contributed by atoms with Crippen LogP contribution in [0.4, 0.5) is 0 Å². The fraction of sp³-hybridized carbons (Fsp3) is 0.182. The van der Waals surface area contributed by atoms with Crippen molar-refractivity contribution in [2.24, 2.45) is 11.5 Å². The van der Waals surface area contributed by atoms with Gasteiger partial charge in [0, 0.05) is 11.3 Å². The highest BCUT2D eigenvalue weighted by molar-refractivity contribution is 7.98. The molecule has 18 heavy (non-hydrogen) atoms. The van der Waals surface area contributed by atoms with E-state index in [1.54, 1.807) is 12.1 Å². The van der Waals surface area contributed by atoms with Gasteiger partial charge in [0.15, 0.2) is 0 Å². The van der Waals surface area contributed by atoms with Gasteiger partial charge in [0.2, 0.25) is 11.8 Å². The smallest absolute Gasteiger partial charge is 0.276 e. The predicted octanol–water partition coefficient (Wildman–Crippen LogP) is 0.920. The topological polar surface area (TPSA) is 108 Å². The molecule has 0 unspecified atom stereocenters. The molecule has 1 amide bonds. The molecule has 0 spiro atoms. The van der Waals surface area contributed by atoms with Crippen molar-refractivity contribution < 1.29 is 9.21 Å². The van der Waals surface area contributed by atoms with Crippen LogP contribution in [0.2, 0.25) is 0 Å². The van der Waals surface area contributed by atoms with E-state index in [0.717, 1.165) is 5.56 Å². The molecule has 0 fully saturated rings. The molecule has 1 aromatic heterocycles. The first kappa shape index (κ1) is 12.6. The molecule has 0 aliphatic rings. The van der Waals surface area contributed by atoms with Crippen LogP contribution in [0.5, 0.6) is 0 Å². The number of aromatic nitrogens is 2. The molecule has 2 rings (SSSR count). The molecule has 2 aromatic rings. The number of nitrogens with two attached hydrogens (primary N) is 2. The van der Waals surface area contributed by atoms with Gasteiger partial charge in [-0.3, -0.25) is 4.79 Å². The van der Waals surface area contributed by atoms with Gasteiger partial charge in [-0.05, 0) is 11.6 Å². The van der Waals surface area contributed by atoms with Crippen molar-refractivity contribution in [1.29, 1.82) is 0 Å². The minimum atomic E-state index is -0.445. The van der Waals surface area contributed by atoms with Crippen LogP contribution in [0.25, 0.3) is 0 Å². The number of hydrogen-bond donors (Lipinski definition) is 2. The predicted molar refractivity (Wildman–Crippen MR) is 66.7 cm³/mol. The van der Waals surface area contributed by atoms with Gasteiger partial charge in [0.25, 0.3) is 5.22 Å². The van der Waals surface area contributed by atoms with Crippen LogP contribution < -0.4 is 11.5 Å². The zero-order valence-corrected chi connectivity index (χ0v) is 10.3. The Kier molecular flexibility index (Phi) is 3.96. The van der Waals surface area contributed by atoms with Gasteiger partial charge < -0.3 is 15.9 Å². The van der Waals surface area contributed by atoms with E-state index in [-0.39, 0.29) is 6.54 Å². The molecule has 0 aliphatic heterocycles. The Morgan fingerprint density at radius 3 is 2.78 bits per heavy atom. The molecule has 1 heterocycles. The number of rotatable bonds is 5. The second-order valence-corrected chi connectivity index (χ2v) is 4.40. The molecule has 0 saturated carbocycles. The molecule has 0 saturated heterocycles. The molecule has 94 valence electrons. The Labute approximate surface area is 108 Å². The maximum Gasteiger partial charge on any atom is 0.276 e. The van der Waals surface area contributed by atoms with Crippen LogP contribution in [-0.4, -0.2) is 16.1 Å². The number of nitrogens with zero attached hydrogens (tertiary/aromatic N) is 2. The quantitative estimate of drug-likeness (QED) is 0.777. The minimum Gasteiger partial charge on any atom is -0.415 e. The van der Waals surface area contributed by atoms with Crippen molar-refractivity contribution in [1.82, 2.24) is 10.2 Å². The Hall–Kier alpha value is -1.86. The normalized spacial score (nSPS) is 10.5. The molecule has 0 radical (unpaired) electrons. The van der Waals surface area contributed by atoms with Crippen LogP contribution in [0, 0.1) is 0 Å². The van der Waals surface area contributed by atoms with Crippen LogP contribution >= 0.6 is 11.8 Å². The summed E-state index contributed by atoms with van der Waals surface area (Å²) < 4.78 is 5.25. The third kappa shape index (κ3) is 2.88. The maximum absolute atomic E-state index is 11.2. The fourth-order valence-electron chi connectivity index (χ4n) is 1.41. The lowest BCUT2D eigenvalue weighted by Gasteiger charge is -2.03. The first-order valence-corrected chi connectivity index (χ1v) is 6.22. The zero-order chi connectivity index (χ0) is 13.0. The fourth-order valence-corrected chi connectivity index (χ4v) is 2.19. The Morgan fingerprint density at radius 2 is 2.11 bits per heavy atom. The van der Waals surface area contributed by atoms with Gasteiger partial charge in [-0.25, -0.2) is 0 Å². The number of carbonyl (C=O) groups is 1. The summed E-state index contributed by atoms with van der Waals surface area (Å²) in [4.78, 5) is 11.2. The van der Waals surface area contributed by atoms with Crippen molar-refractivity contribution in [3.63, 3.8) is 0 Å². The molecule has 0 aliphatic carbocycles. The molecule has 7 heteroatoms. The monoisotopic (exact) mass is 264 g/mol. The molecular weight excluding hydrogens is 252 g/mol. The van der Waals surface area contributed by atoms with Crippen LogP contribution in [-0.2, 0) is 12.3 Å². The van der Waals surface area contributed by atoms with Crippen LogP contribution in [0.3, 0.4) is 0 Å². The summed E-state index contributed by atoms with van der Waals surface area (Å²) in [6.07, 6.45) is 0. The van der Waals surface area contributed by atoms with Crippen molar-refractivity contribution in [3.05, 3.63) is 41.3 Å². The molecule has 0 bridgehead atoms. The number of benzene rings is 1. The molecule has 1 aromatic carbocycles. The average molecular weight is 264 g/mol. The lowest BCUT2D eigenvalue weighted by Crippen LogP contribution is -2.13. The summed E-state index contributed by atoms with van der Waals surface area (Å²) >= 11 is 1.34. The number of thioether (sulfide) groups is 1. The average Bonchev–Trinajstić information content (AvgIpc) is 2.84. The molecule has 0 atom stereocenters. The largest absolute Gasteiger partial charge is 0.415 e. The minimum absolute atomic E-state index is 0.214. The Morgan fingerprint density at radius 1 is 1.33 bits per heavy atom. The molecule has 6 nitrogen and oxygen atoms in total. The highest BCUT2D eigenvalue weighted by Crippen LogP contribution is 2.23. The van der Waals surface area contributed by atoms with E-state index in [0.29, 0.717) is 22.4 Å². The number of carbonyl (C=O) groups excluding carboxylic acids is 1. The van der Waals surface area contributed by atoms with Crippen molar-refractivity contribution >= 4 is 17.7 Å². The number of primary amides is 1. The van der Waals surface area contributed by atoms with E-state index >= 15 is 0 Å². The van der Waals surface area contributed by atoms with E-state index in [1.165, 1.54) is 11.8 Å². The highest BCUT2D eigenvalue weighted by Gasteiger charge is 2.10. The van der Waals surface area contributed by atoms with E-state index in [1.807, 2.05) is 12.1 Å². The standard InChI is InChI=1S/C11H12N4O2S/c12-5-9-14-15-11(17-9)18-6-7-3-1-2-4-8(7)10(13)16/h1-4H,5-6,12H2,(H2,13,16). The summed E-state index contributed by atoms with van der Waals surface area (Å²) in [7, 11) is 0. The third-order valence-corrected chi connectivity index (χ3v) is 3.12. The number of amides is 1. The van der Waals surface area contributed by atoms with Gasteiger partial charge >= 0.3 is 0 Å². The summed E-state index contributed by atoms with van der Waals surface area (Å²) in [5.41, 5.74) is 12.0. The van der Waals surface area contributed by atoms with E-state index in [2.05, 4.69) is 10.2 Å². The zero-order valence-electron chi connectivity index (χ0n) is 9.50. The van der Waals surface area contributed by atoms with E-state index in [4.69, 9.17) is 15.9 Å². The molecule has 4 N–H and O–H groups in total. The Balaban J connectivity index is 2.08. The second kappa shape index (κ2) is 5.65. The van der Waals surface area contributed by atoms with Crippen LogP contribution in [0.15, 0.2) is 33.9 Å². The lowest BCUT2D eigenvalue weighted by molar-refractivity contribution is 0.0999. The Bertz CT molecular complexity index is 555. The van der Waals surface area contributed by atoms with E-state index in [9.17, 15) is 4.79 Å². The SMILES string of the molecule is NCc1nnc(SCc2ccccc2C(N)=O)o1. The number of hydrogen-bond acceptors (Lipinski definition) is 6. The van der Waals surface area contributed by atoms with Crippen molar-refractivity contribution in [2.75, 3.05) is 0 Å². The van der Waals surface area contributed by atoms with Gasteiger partial charge in [0.05, 0.1) is 6.54 Å². The first-order chi connectivity index (χ1) is 8.70. The van der Waals surface area contributed by atoms with Gasteiger partial charge in [-0.1, -0.05) is 30.0 Å². The summed E-state index contributed by atoms with van der Waals surface area (Å²) in [5, 5.41) is 8.00. The van der Waals surface area contributed by atoms with Gasteiger partial charge in [-0.15, -0.1) is 10.2 Å². The van der Waals surface area contributed by atoms with Crippen molar-refractivity contribution in [3.8, 4) is 0 Å². The van der Waals surface area contributed by atoms with Crippen LogP contribution in [0.1, 0.15) is 21.8 Å². The second-order valence-electron chi connectivity index (χ2n) is 3.48. The highest BCUT2D eigenvalue weighted by atomic mass is 32.2. The maximum atomic E-state index is 11.2. The lowest BCUT2D eigenvalue weighted by atomic mass is 10.1. The van der Waals surface area contributed by atoms with Gasteiger partial charge in [0.1, 0.15) is 0 Å².